The lowest BCUT2D eigenvalue weighted by Crippen LogP contribution is -2.22. The molecule has 0 unspecified atom stereocenters. The van der Waals surface area contributed by atoms with E-state index in [1.807, 2.05) is 44.2 Å². The van der Waals surface area contributed by atoms with Crippen molar-refractivity contribution in [1.82, 2.24) is 15.2 Å². The number of aromatic amines is 1. The fourth-order valence-electron chi connectivity index (χ4n) is 2.12. The molecule has 2 N–H and O–H groups in total. The number of anilines is 1. The predicted octanol–water partition coefficient (Wildman–Crippen LogP) is 2.38. The molecule has 1 aliphatic rings. The minimum atomic E-state index is -0.340. The number of aromatic nitrogens is 3. The molecule has 3 rings (SSSR count). The molecular formula is C15H17N5O2. The second kappa shape index (κ2) is 5.97. The van der Waals surface area contributed by atoms with E-state index in [4.69, 9.17) is 4.84 Å². The molecule has 1 atom stereocenters. The first-order chi connectivity index (χ1) is 10.6. The summed E-state index contributed by atoms with van der Waals surface area (Å²) < 4.78 is 0. The first-order valence-corrected chi connectivity index (χ1v) is 7.14. The quantitative estimate of drug-likeness (QED) is 0.906. The van der Waals surface area contributed by atoms with Gasteiger partial charge in [0, 0.05) is 12.3 Å². The Morgan fingerprint density at radius 1 is 1.36 bits per heavy atom. The average molecular weight is 299 g/mol. The van der Waals surface area contributed by atoms with Crippen LogP contribution in [-0.4, -0.2) is 26.8 Å². The van der Waals surface area contributed by atoms with Crippen LogP contribution in [0.1, 0.15) is 43.7 Å². The van der Waals surface area contributed by atoms with Crippen LogP contribution >= 0.6 is 0 Å². The second-order valence-corrected chi connectivity index (χ2v) is 5.40. The molecule has 0 aliphatic carbocycles. The number of rotatable bonds is 4. The number of amides is 1. The third kappa shape index (κ3) is 2.98. The molecule has 0 bridgehead atoms. The topological polar surface area (TPSA) is 92.3 Å². The fraction of sp³-hybridized carbons (Fsp3) is 0.333. The van der Waals surface area contributed by atoms with Crippen molar-refractivity contribution >= 4 is 17.6 Å². The van der Waals surface area contributed by atoms with Crippen molar-refractivity contribution in [2.24, 2.45) is 5.16 Å². The number of oxime groups is 1. The molecule has 7 heteroatoms. The first kappa shape index (κ1) is 14.2. The van der Waals surface area contributed by atoms with Crippen LogP contribution in [0.3, 0.4) is 0 Å². The van der Waals surface area contributed by atoms with E-state index in [-0.39, 0.29) is 23.9 Å². The van der Waals surface area contributed by atoms with Crippen molar-refractivity contribution in [2.45, 2.75) is 32.3 Å². The van der Waals surface area contributed by atoms with E-state index in [1.54, 1.807) is 0 Å². The highest BCUT2D eigenvalue weighted by molar-refractivity contribution is 6.43. The molecule has 22 heavy (non-hydrogen) atoms. The van der Waals surface area contributed by atoms with Crippen LogP contribution in [0.25, 0.3) is 0 Å². The lowest BCUT2D eigenvalue weighted by atomic mass is 10.0. The Morgan fingerprint density at radius 3 is 2.82 bits per heavy atom. The number of H-pyrrole nitrogens is 1. The Bertz CT molecular complexity index is 693. The van der Waals surface area contributed by atoms with Crippen molar-refractivity contribution in [1.29, 1.82) is 0 Å². The van der Waals surface area contributed by atoms with Gasteiger partial charge in [-0.25, -0.2) is 0 Å². The molecule has 114 valence electrons. The lowest BCUT2D eigenvalue weighted by molar-refractivity contribution is -0.110. The summed E-state index contributed by atoms with van der Waals surface area (Å²) in [6, 6.07) is 9.69. The Labute approximate surface area is 127 Å². The highest BCUT2D eigenvalue weighted by Crippen LogP contribution is 2.27. The van der Waals surface area contributed by atoms with E-state index in [2.05, 4.69) is 25.7 Å². The summed E-state index contributed by atoms with van der Waals surface area (Å²) in [5, 5.41) is 13.2. The van der Waals surface area contributed by atoms with Gasteiger partial charge in [-0.2, -0.15) is 4.98 Å². The van der Waals surface area contributed by atoms with Gasteiger partial charge in [-0.1, -0.05) is 49.3 Å². The van der Waals surface area contributed by atoms with Crippen molar-refractivity contribution in [2.75, 3.05) is 5.32 Å². The van der Waals surface area contributed by atoms with Crippen molar-refractivity contribution < 1.29 is 9.63 Å². The van der Waals surface area contributed by atoms with Gasteiger partial charge < -0.3 is 4.84 Å². The van der Waals surface area contributed by atoms with Crippen LogP contribution in [-0.2, 0) is 9.63 Å². The zero-order valence-corrected chi connectivity index (χ0v) is 12.4. The molecule has 1 aromatic heterocycles. The molecule has 2 aromatic rings. The monoisotopic (exact) mass is 299 g/mol. The minimum Gasteiger partial charge on any atom is -0.387 e. The molecule has 0 spiro atoms. The molecule has 0 saturated heterocycles. The largest absolute Gasteiger partial charge is 0.387 e. The number of hydrogen-bond acceptors (Lipinski definition) is 5. The standard InChI is InChI=1S/C15H17N5O2/c1-9(2)13-16-15(19-18-13)17-14(21)11-8-12(22-20-11)10-6-4-3-5-7-10/h3-7,9,12H,8H2,1-2H3,(H2,16,17,18,19,21)/t12-/m0/s1. The lowest BCUT2D eigenvalue weighted by Gasteiger charge is -2.07. The Balaban J connectivity index is 1.61. The molecule has 1 amide bonds. The van der Waals surface area contributed by atoms with Crippen LogP contribution < -0.4 is 5.32 Å². The van der Waals surface area contributed by atoms with Crippen LogP contribution in [0, 0.1) is 0 Å². The summed E-state index contributed by atoms with van der Waals surface area (Å²) in [7, 11) is 0. The van der Waals surface area contributed by atoms with Crippen LogP contribution in [0.4, 0.5) is 5.95 Å². The average Bonchev–Trinajstić information content (AvgIpc) is 3.17. The number of benzene rings is 1. The van der Waals surface area contributed by atoms with E-state index in [0.29, 0.717) is 12.1 Å². The van der Waals surface area contributed by atoms with Crippen LogP contribution in [0.2, 0.25) is 0 Å². The summed E-state index contributed by atoms with van der Waals surface area (Å²) in [5.74, 6) is 0.849. The van der Waals surface area contributed by atoms with Gasteiger partial charge in [0.2, 0.25) is 5.95 Å². The molecule has 1 aromatic carbocycles. The molecule has 7 nitrogen and oxygen atoms in total. The van der Waals surface area contributed by atoms with Crippen LogP contribution in [0.15, 0.2) is 35.5 Å². The van der Waals surface area contributed by atoms with Crippen molar-refractivity contribution in [3.05, 3.63) is 41.7 Å². The molecule has 2 heterocycles. The molecule has 1 aliphatic heterocycles. The first-order valence-electron chi connectivity index (χ1n) is 7.14. The molecular weight excluding hydrogens is 282 g/mol. The molecule has 0 saturated carbocycles. The van der Waals surface area contributed by atoms with E-state index < -0.39 is 0 Å². The van der Waals surface area contributed by atoms with E-state index in [0.717, 1.165) is 11.4 Å². The predicted molar refractivity (Wildman–Crippen MR) is 81.4 cm³/mol. The van der Waals surface area contributed by atoms with Gasteiger partial charge in [0.15, 0.2) is 6.10 Å². The highest BCUT2D eigenvalue weighted by atomic mass is 16.6. The summed E-state index contributed by atoms with van der Waals surface area (Å²) in [4.78, 5) is 21.7. The Morgan fingerprint density at radius 2 is 2.14 bits per heavy atom. The summed E-state index contributed by atoms with van der Waals surface area (Å²) in [6.07, 6.45) is 0.206. The van der Waals surface area contributed by atoms with E-state index in [1.165, 1.54) is 0 Å². The molecule has 0 radical (unpaired) electrons. The Hall–Kier alpha value is -2.70. The van der Waals surface area contributed by atoms with Gasteiger partial charge in [-0.15, -0.1) is 5.10 Å². The summed E-state index contributed by atoms with van der Waals surface area (Å²) >= 11 is 0. The van der Waals surface area contributed by atoms with Gasteiger partial charge in [-0.3, -0.25) is 15.2 Å². The number of nitrogens with one attached hydrogen (secondary N) is 2. The molecule has 0 fully saturated rings. The summed E-state index contributed by atoms with van der Waals surface area (Å²) in [6.45, 7) is 3.98. The number of carbonyl (C=O) groups excluding carboxylic acids is 1. The van der Waals surface area contributed by atoms with Gasteiger partial charge in [0.1, 0.15) is 11.5 Å². The van der Waals surface area contributed by atoms with Gasteiger partial charge >= 0.3 is 0 Å². The van der Waals surface area contributed by atoms with Crippen molar-refractivity contribution in [3.8, 4) is 0 Å². The zero-order chi connectivity index (χ0) is 15.5. The van der Waals surface area contributed by atoms with Gasteiger partial charge in [0.25, 0.3) is 5.91 Å². The minimum absolute atomic E-state index is 0.216. The second-order valence-electron chi connectivity index (χ2n) is 5.40. The van der Waals surface area contributed by atoms with Crippen molar-refractivity contribution in [3.63, 3.8) is 0 Å². The third-order valence-corrected chi connectivity index (χ3v) is 3.38. The maximum absolute atomic E-state index is 12.2. The van der Waals surface area contributed by atoms with E-state index >= 15 is 0 Å². The van der Waals surface area contributed by atoms with Gasteiger partial charge in [-0.05, 0) is 5.56 Å². The van der Waals surface area contributed by atoms with E-state index in [9.17, 15) is 4.79 Å². The highest BCUT2D eigenvalue weighted by Gasteiger charge is 2.27. The summed E-state index contributed by atoms with van der Waals surface area (Å²) in [5.41, 5.74) is 1.33. The maximum atomic E-state index is 12.2. The normalized spacial score (nSPS) is 17.2. The zero-order valence-electron chi connectivity index (χ0n) is 12.4. The smallest absolute Gasteiger partial charge is 0.276 e. The third-order valence-electron chi connectivity index (χ3n) is 3.38. The number of carbonyl (C=O) groups is 1. The van der Waals surface area contributed by atoms with Crippen LogP contribution in [0.5, 0.6) is 0 Å². The Kier molecular flexibility index (Phi) is 3.86. The van der Waals surface area contributed by atoms with Gasteiger partial charge in [0.05, 0.1) is 0 Å². The fourth-order valence-corrected chi connectivity index (χ4v) is 2.12. The number of nitrogens with zero attached hydrogens (tertiary/aromatic N) is 3. The maximum Gasteiger partial charge on any atom is 0.276 e. The number of hydrogen-bond donors (Lipinski definition) is 2. The SMILES string of the molecule is CC(C)c1nc(NC(=O)C2=NO[C@H](c3ccccc3)C2)n[nH]1.